The Kier molecular flexibility index (Phi) is 5.38. The minimum absolute atomic E-state index is 0. The van der Waals surface area contributed by atoms with Crippen molar-refractivity contribution in [3.63, 3.8) is 0 Å². The Morgan fingerprint density at radius 1 is 0.806 bits per heavy atom. The molecule has 0 aliphatic heterocycles. The summed E-state index contributed by atoms with van der Waals surface area (Å²) in [4.78, 5) is 13.6. The number of aromatic nitrogens is 2. The van der Waals surface area contributed by atoms with Crippen LogP contribution in [0.4, 0.5) is 0 Å². The van der Waals surface area contributed by atoms with Gasteiger partial charge < -0.3 is 21.7 Å². The second-order valence-electron chi connectivity index (χ2n) is 8.97. The molecule has 0 saturated carbocycles. The minimum Gasteiger partial charge on any atom is -1.00 e. The first-order valence-electron chi connectivity index (χ1n) is 12.0. The van der Waals surface area contributed by atoms with Crippen molar-refractivity contribution in [1.82, 2.24) is 4.40 Å². The maximum absolute atomic E-state index is 13.6. The Hall–Kier alpha value is -3.96. The summed E-state index contributed by atoms with van der Waals surface area (Å²) in [5.74, 6) is -0.299. The molecule has 0 unspecified atom stereocenters. The van der Waals surface area contributed by atoms with Crippen LogP contribution in [0.15, 0.2) is 97.1 Å². The summed E-state index contributed by atoms with van der Waals surface area (Å²) < 4.78 is 10.1. The predicted molar refractivity (Wildman–Crippen MR) is 140 cm³/mol. The van der Waals surface area contributed by atoms with Crippen molar-refractivity contribution in [3.8, 4) is 0 Å². The number of hydrogen-bond donors (Lipinski definition) is 0. The minimum atomic E-state index is -0.299. The maximum Gasteiger partial charge on any atom is 0.379 e. The van der Waals surface area contributed by atoms with Gasteiger partial charge in [-0.25, -0.2) is 9.36 Å². The van der Waals surface area contributed by atoms with Gasteiger partial charge in [-0.1, -0.05) is 78.9 Å². The monoisotopic (exact) mass is 534 g/mol. The SMILES string of the molecule is CCOC(=O)c1c2c(cc3n1c1ccccc1[n+]3Cc1ccccc1)c1cccc3cccc2c31.[Br-]. The first-order valence-corrected chi connectivity index (χ1v) is 12.0. The zero-order valence-electron chi connectivity index (χ0n) is 19.7. The second-order valence-corrected chi connectivity index (χ2v) is 8.97. The number of ether oxygens (including phenoxy) is 1. The van der Waals surface area contributed by atoms with Crippen molar-refractivity contribution in [2.24, 2.45) is 0 Å². The molecule has 36 heavy (non-hydrogen) atoms. The highest BCUT2D eigenvalue weighted by Crippen LogP contribution is 2.41. The van der Waals surface area contributed by atoms with E-state index in [9.17, 15) is 4.79 Å². The van der Waals surface area contributed by atoms with Gasteiger partial charge in [0.05, 0.1) is 6.61 Å². The summed E-state index contributed by atoms with van der Waals surface area (Å²) in [6, 6.07) is 33.7. The van der Waals surface area contributed by atoms with Crippen LogP contribution in [0.25, 0.3) is 49.0 Å². The molecule has 5 heteroatoms. The Labute approximate surface area is 218 Å². The third-order valence-corrected chi connectivity index (χ3v) is 7.04. The van der Waals surface area contributed by atoms with E-state index < -0.39 is 0 Å². The lowest BCUT2D eigenvalue weighted by molar-refractivity contribution is -0.636. The van der Waals surface area contributed by atoms with Crippen LogP contribution in [-0.2, 0) is 11.3 Å². The number of halogens is 1. The van der Waals surface area contributed by atoms with Gasteiger partial charge in [0.2, 0.25) is 5.69 Å². The number of nitrogens with zero attached hydrogens (tertiary/aromatic N) is 2. The molecule has 0 spiro atoms. The molecule has 0 bridgehead atoms. The zero-order chi connectivity index (χ0) is 23.5. The number of carbonyl (C=O) groups is 1. The molecule has 0 N–H and O–H groups in total. The summed E-state index contributed by atoms with van der Waals surface area (Å²) in [6.07, 6.45) is 0. The highest BCUT2D eigenvalue weighted by atomic mass is 79.9. The number of hydrogen-bond acceptors (Lipinski definition) is 2. The topological polar surface area (TPSA) is 34.6 Å². The van der Waals surface area contributed by atoms with E-state index in [2.05, 4.69) is 93.9 Å². The summed E-state index contributed by atoms with van der Waals surface area (Å²) >= 11 is 0. The van der Waals surface area contributed by atoms with Crippen molar-refractivity contribution in [3.05, 3.63) is 108 Å². The molecule has 0 aliphatic rings. The van der Waals surface area contributed by atoms with Crippen molar-refractivity contribution in [2.75, 3.05) is 6.61 Å². The lowest BCUT2D eigenvalue weighted by Gasteiger charge is -2.05. The van der Waals surface area contributed by atoms with Gasteiger partial charge in [0.15, 0.2) is 11.0 Å². The maximum atomic E-state index is 13.6. The highest BCUT2D eigenvalue weighted by molar-refractivity contribution is 6.33. The van der Waals surface area contributed by atoms with Crippen LogP contribution < -0.4 is 21.5 Å². The first-order chi connectivity index (χ1) is 17.3. The molecule has 2 aromatic heterocycles. The van der Waals surface area contributed by atoms with Crippen molar-refractivity contribution < 1.29 is 31.1 Å². The Balaban J connectivity index is 0.00000240. The molecule has 7 aromatic rings. The van der Waals surface area contributed by atoms with Gasteiger partial charge in [0.25, 0.3) is 5.65 Å². The number of rotatable bonds is 4. The number of para-hydroxylation sites is 2. The van der Waals surface area contributed by atoms with E-state index >= 15 is 0 Å². The van der Waals surface area contributed by atoms with Gasteiger partial charge in [-0.2, -0.15) is 4.40 Å². The molecule has 0 aliphatic carbocycles. The largest absolute Gasteiger partial charge is 1.00 e. The Morgan fingerprint density at radius 2 is 1.53 bits per heavy atom. The van der Waals surface area contributed by atoms with E-state index in [1.807, 2.05) is 19.1 Å². The predicted octanol–water partition coefficient (Wildman–Crippen LogP) is 3.51. The summed E-state index contributed by atoms with van der Waals surface area (Å²) in [5, 5.41) is 6.66. The quantitative estimate of drug-likeness (QED) is 0.256. The molecule has 4 nitrogen and oxygen atoms in total. The molecule has 0 fully saturated rings. The standard InChI is InChI=1S/C31H23N2O2.BrH/c1-2-35-31(34)30-29-23-15-9-13-21-12-8-14-22(28(21)23)24(29)18-27-32(19-20-10-4-3-5-11-20)25-16-6-7-17-26(25)33(27)30;/h3-18H,2,19H2,1H3;1H/q+1;/p-1. The van der Waals surface area contributed by atoms with Crippen LogP contribution in [0.5, 0.6) is 0 Å². The number of carbonyl (C=O) groups excluding carboxylic acids is 1. The van der Waals surface area contributed by atoms with Crippen molar-refractivity contribution in [1.29, 1.82) is 0 Å². The van der Waals surface area contributed by atoms with E-state index in [0.29, 0.717) is 18.8 Å². The van der Waals surface area contributed by atoms with Crippen molar-refractivity contribution in [2.45, 2.75) is 13.5 Å². The Morgan fingerprint density at radius 3 is 2.31 bits per heavy atom. The van der Waals surface area contributed by atoms with E-state index in [4.69, 9.17) is 4.74 Å². The molecule has 7 rings (SSSR count). The highest BCUT2D eigenvalue weighted by Gasteiger charge is 2.31. The molecule has 0 radical (unpaired) electrons. The normalized spacial score (nSPS) is 11.6. The molecule has 176 valence electrons. The average molecular weight is 535 g/mol. The number of pyridine rings is 1. The van der Waals surface area contributed by atoms with Gasteiger partial charge in [0.1, 0.15) is 6.54 Å². The first kappa shape index (κ1) is 22.5. The number of imidazole rings is 1. The van der Waals surface area contributed by atoms with Gasteiger partial charge in [-0.15, -0.1) is 0 Å². The molecular formula is C31H23BrN2O2. The molecule has 5 aromatic carbocycles. The second kappa shape index (κ2) is 8.61. The molecular weight excluding hydrogens is 512 g/mol. The molecule has 0 atom stereocenters. The third kappa shape index (κ3) is 3.12. The van der Waals surface area contributed by atoms with Crippen LogP contribution in [0.1, 0.15) is 23.0 Å². The fourth-order valence-corrected chi connectivity index (χ4v) is 5.65. The number of esters is 1. The van der Waals surface area contributed by atoms with Crippen LogP contribution in [0, 0.1) is 0 Å². The smallest absolute Gasteiger partial charge is 0.379 e. The van der Waals surface area contributed by atoms with E-state index in [-0.39, 0.29) is 23.0 Å². The van der Waals surface area contributed by atoms with Crippen LogP contribution in [-0.4, -0.2) is 17.0 Å². The van der Waals surface area contributed by atoms with Gasteiger partial charge in [0, 0.05) is 16.8 Å². The van der Waals surface area contributed by atoms with Gasteiger partial charge in [-0.05, 0) is 46.2 Å². The van der Waals surface area contributed by atoms with Gasteiger partial charge >= 0.3 is 5.97 Å². The molecule has 0 amide bonds. The summed E-state index contributed by atoms with van der Waals surface area (Å²) in [7, 11) is 0. The van der Waals surface area contributed by atoms with Crippen LogP contribution >= 0.6 is 0 Å². The molecule has 2 heterocycles. The summed E-state index contributed by atoms with van der Waals surface area (Å²) in [5.41, 5.74) is 4.84. The van der Waals surface area contributed by atoms with Gasteiger partial charge in [-0.3, -0.25) is 0 Å². The summed E-state index contributed by atoms with van der Waals surface area (Å²) in [6.45, 7) is 2.89. The van der Waals surface area contributed by atoms with Crippen molar-refractivity contribution >= 4 is 55.0 Å². The number of benzene rings is 4. The zero-order valence-corrected chi connectivity index (χ0v) is 21.3. The lowest BCUT2D eigenvalue weighted by atomic mass is 10.1. The fourth-order valence-electron chi connectivity index (χ4n) is 5.65. The molecule has 0 saturated heterocycles. The number of fused-ring (bicyclic) bond motifs is 6. The van der Waals surface area contributed by atoms with E-state index in [0.717, 1.165) is 38.2 Å². The van der Waals surface area contributed by atoms with E-state index in [1.165, 1.54) is 16.3 Å². The lowest BCUT2D eigenvalue weighted by Crippen LogP contribution is -3.00. The third-order valence-electron chi connectivity index (χ3n) is 7.04. The van der Waals surface area contributed by atoms with E-state index in [1.54, 1.807) is 0 Å². The van der Waals surface area contributed by atoms with Crippen LogP contribution in [0.3, 0.4) is 0 Å². The average Bonchev–Trinajstić information content (AvgIpc) is 3.38. The fraction of sp³-hybridized carbons (Fsp3) is 0.0968. The Bertz CT molecular complexity index is 1900. The van der Waals surface area contributed by atoms with Crippen LogP contribution in [0.2, 0.25) is 0 Å².